The summed E-state index contributed by atoms with van der Waals surface area (Å²) < 4.78 is 38.4. The van der Waals surface area contributed by atoms with Gasteiger partial charge in [-0.2, -0.15) is 13.2 Å². The van der Waals surface area contributed by atoms with E-state index in [0.29, 0.717) is 24.7 Å². The van der Waals surface area contributed by atoms with Gasteiger partial charge in [0.2, 0.25) is 5.91 Å². The molecule has 2 saturated heterocycles. The molecule has 1 atom stereocenters. The molecule has 0 aromatic heterocycles. The van der Waals surface area contributed by atoms with Gasteiger partial charge in [0.15, 0.2) is 0 Å². The number of alkyl halides is 3. The first-order valence-corrected chi connectivity index (χ1v) is 13.4. The van der Waals surface area contributed by atoms with Crippen molar-refractivity contribution in [3.05, 3.63) is 70.8 Å². The third-order valence-corrected chi connectivity index (χ3v) is 8.31. The van der Waals surface area contributed by atoms with Gasteiger partial charge < -0.3 is 15.1 Å². The lowest BCUT2D eigenvalue weighted by molar-refractivity contribution is -0.137. The highest BCUT2D eigenvalue weighted by Crippen LogP contribution is 2.32. The second kappa shape index (κ2) is 10.9. The summed E-state index contributed by atoms with van der Waals surface area (Å²) in [5, 5.41) is 3.32. The fourth-order valence-corrected chi connectivity index (χ4v) is 6.14. The van der Waals surface area contributed by atoms with E-state index in [4.69, 9.17) is 0 Å². The van der Waals surface area contributed by atoms with Crippen molar-refractivity contribution in [1.29, 1.82) is 0 Å². The van der Waals surface area contributed by atoms with E-state index < -0.39 is 11.7 Å². The van der Waals surface area contributed by atoms with E-state index >= 15 is 0 Å². The molecule has 0 radical (unpaired) electrons. The van der Waals surface area contributed by atoms with Gasteiger partial charge in [0.1, 0.15) is 0 Å². The molecule has 8 heteroatoms. The van der Waals surface area contributed by atoms with Crippen LogP contribution in [0.5, 0.6) is 0 Å². The third-order valence-electron chi connectivity index (χ3n) is 8.31. The number of hydrogen-bond acceptors (Lipinski definition) is 3. The molecular weight excluding hydrogens is 479 g/mol. The van der Waals surface area contributed by atoms with E-state index in [1.54, 1.807) is 4.90 Å². The molecule has 3 aliphatic rings. The maximum atomic E-state index is 13.1. The fraction of sp³-hybridized carbons (Fsp3) is 0.517. The number of nitrogens with one attached hydrogen (secondary N) is 1. The maximum absolute atomic E-state index is 13.1. The Morgan fingerprint density at radius 1 is 0.838 bits per heavy atom. The summed E-state index contributed by atoms with van der Waals surface area (Å²) in [7, 11) is 0. The van der Waals surface area contributed by atoms with Crippen molar-refractivity contribution < 1.29 is 22.8 Å². The van der Waals surface area contributed by atoms with Crippen LogP contribution in [-0.2, 0) is 17.4 Å². The third kappa shape index (κ3) is 5.84. The molecule has 0 saturated carbocycles. The monoisotopic (exact) mass is 513 g/mol. The normalized spacial score (nSPS) is 21.9. The number of rotatable bonds is 4. The zero-order valence-corrected chi connectivity index (χ0v) is 21.0. The van der Waals surface area contributed by atoms with Crippen LogP contribution in [0.4, 0.5) is 13.2 Å². The van der Waals surface area contributed by atoms with Gasteiger partial charge in [-0.1, -0.05) is 24.3 Å². The lowest BCUT2D eigenvalue weighted by Gasteiger charge is -2.41. The number of hydrogen-bond donors (Lipinski definition) is 1. The molecule has 2 heterocycles. The summed E-state index contributed by atoms with van der Waals surface area (Å²) in [6, 6.07) is 13.3. The average Bonchev–Trinajstić information content (AvgIpc) is 2.92. The highest BCUT2D eigenvalue weighted by molar-refractivity contribution is 5.94. The van der Waals surface area contributed by atoms with Crippen molar-refractivity contribution in [1.82, 2.24) is 15.1 Å². The Kier molecular flexibility index (Phi) is 7.56. The number of amides is 2. The van der Waals surface area contributed by atoms with Crippen LogP contribution in [0.2, 0.25) is 0 Å². The molecule has 198 valence electrons. The molecule has 2 aromatic rings. The van der Waals surface area contributed by atoms with Crippen LogP contribution in [0, 0.1) is 5.92 Å². The standard InChI is InChI=1S/C29H34F3N3O2/c30-29(31,32)23-10-8-22(9-11-23)28(37)35-18-14-24(15-19-35)34-16-12-21(13-17-34)27(36)33-26-7-3-5-20-4-1-2-6-25(20)26/h1-2,4,6,8-11,21,24,26H,3,5,7,12-19H2,(H,33,36). The number of carbonyl (C=O) groups excluding carboxylic acids is 2. The molecule has 37 heavy (non-hydrogen) atoms. The van der Waals surface area contributed by atoms with Gasteiger partial charge in [-0.25, -0.2) is 0 Å². The first-order chi connectivity index (χ1) is 17.8. The topological polar surface area (TPSA) is 52.7 Å². The number of likely N-dealkylation sites (tertiary alicyclic amines) is 2. The van der Waals surface area contributed by atoms with Crippen LogP contribution in [0.3, 0.4) is 0 Å². The molecule has 2 aromatic carbocycles. The summed E-state index contributed by atoms with van der Waals surface area (Å²) in [5.41, 5.74) is 2.15. The van der Waals surface area contributed by atoms with Crippen molar-refractivity contribution in [2.24, 2.45) is 5.92 Å². The first kappa shape index (κ1) is 25.8. The van der Waals surface area contributed by atoms with Crippen molar-refractivity contribution in [3.63, 3.8) is 0 Å². The summed E-state index contributed by atoms with van der Waals surface area (Å²) in [6.07, 6.45) is 2.11. The molecular formula is C29H34F3N3O2. The lowest BCUT2D eigenvalue weighted by Crippen LogP contribution is -2.50. The van der Waals surface area contributed by atoms with E-state index in [-0.39, 0.29) is 23.8 Å². The van der Waals surface area contributed by atoms with Crippen molar-refractivity contribution in [3.8, 4) is 0 Å². The Hall–Kier alpha value is -2.87. The molecule has 0 spiro atoms. The number of halogens is 3. The molecule has 2 amide bonds. The van der Waals surface area contributed by atoms with Gasteiger partial charge in [-0.05, 0) is 93.4 Å². The Morgan fingerprint density at radius 3 is 2.19 bits per heavy atom. The molecule has 2 aliphatic heterocycles. The Labute approximate surface area is 216 Å². The molecule has 1 N–H and O–H groups in total. The highest BCUT2D eigenvalue weighted by atomic mass is 19.4. The predicted octanol–water partition coefficient (Wildman–Crippen LogP) is 5.22. The van der Waals surface area contributed by atoms with Crippen LogP contribution in [0.1, 0.15) is 71.6 Å². The number of carbonyl (C=O) groups is 2. The SMILES string of the molecule is O=C(NC1CCCc2ccccc21)C1CCN(C2CCN(C(=O)c3ccc(C(F)(F)F)cc3)CC2)CC1. The molecule has 2 fully saturated rings. The first-order valence-electron chi connectivity index (χ1n) is 13.4. The zero-order valence-electron chi connectivity index (χ0n) is 21.0. The fourth-order valence-electron chi connectivity index (χ4n) is 6.14. The summed E-state index contributed by atoms with van der Waals surface area (Å²) in [4.78, 5) is 30.0. The minimum Gasteiger partial charge on any atom is -0.349 e. The van der Waals surface area contributed by atoms with E-state index in [1.165, 1.54) is 23.3 Å². The predicted molar refractivity (Wildman–Crippen MR) is 135 cm³/mol. The molecule has 5 rings (SSSR count). The van der Waals surface area contributed by atoms with Crippen molar-refractivity contribution in [2.45, 2.75) is 63.2 Å². The van der Waals surface area contributed by atoms with Crippen molar-refractivity contribution in [2.75, 3.05) is 26.2 Å². The van der Waals surface area contributed by atoms with Crippen LogP contribution in [-0.4, -0.2) is 53.8 Å². The average molecular weight is 514 g/mol. The summed E-state index contributed by atoms with van der Waals surface area (Å²) >= 11 is 0. The Balaban J connectivity index is 1.08. The van der Waals surface area contributed by atoms with Gasteiger partial charge >= 0.3 is 6.18 Å². The molecule has 0 bridgehead atoms. The number of piperidine rings is 2. The van der Waals surface area contributed by atoms with Gasteiger partial charge in [-0.15, -0.1) is 0 Å². The number of aryl methyl sites for hydroxylation is 1. The van der Waals surface area contributed by atoms with Gasteiger partial charge in [0.25, 0.3) is 5.91 Å². The van der Waals surface area contributed by atoms with Gasteiger partial charge in [-0.3, -0.25) is 9.59 Å². The van der Waals surface area contributed by atoms with Crippen LogP contribution >= 0.6 is 0 Å². The van der Waals surface area contributed by atoms with Crippen LogP contribution in [0.15, 0.2) is 48.5 Å². The van der Waals surface area contributed by atoms with Gasteiger partial charge in [0.05, 0.1) is 11.6 Å². The highest BCUT2D eigenvalue weighted by Gasteiger charge is 2.34. The minimum atomic E-state index is -4.41. The summed E-state index contributed by atoms with van der Waals surface area (Å²) in [6.45, 7) is 2.92. The quantitative estimate of drug-likeness (QED) is 0.610. The zero-order chi connectivity index (χ0) is 26.0. The van der Waals surface area contributed by atoms with E-state index in [2.05, 4.69) is 28.4 Å². The number of benzene rings is 2. The smallest absolute Gasteiger partial charge is 0.349 e. The maximum Gasteiger partial charge on any atom is 0.416 e. The van der Waals surface area contributed by atoms with Crippen molar-refractivity contribution >= 4 is 11.8 Å². The number of fused-ring (bicyclic) bond motifs is 1. The van der Waals surface area contributed by atoms with Gasteiger partial charge in [0, 0.05) is 30.6 Å². The van der Waals surface area contributed by atoms with Crippen LogP contribution < -0.4 is 5.32 Å². The largest absolute Gasteiger partial charge is 0.416 e. The minimum absolute atomic E-state index is 0.0340. The Bertz CT molecular complexity index is 1100. The van der Waals surface area contributed by atoms with Crippen LogP contribution in [0.25, 0.3) is 0 Å². The second-order valence-corrected chi connectivity index (χ2v) is 10.6. The molecule has 1 aliphatic carbocycles. The second-order valence-electron chi connectivity index (χ2n) is 10.6. The number of nitrogens with zero attached hydrogens (tertiary/aromatic N) is 2. The molecule has 1 unspecified atom stereocenters. The summed E-state index contributed by atoms with van der Waals surface area (Å²) in [5.74, 6) is -0.0168. The molecule has 5 nitrogen and oxygen atoms in total. The van der Waals surface area contributed by atoms with E-state index in [1.807, 2.05) is 6.07 Å². The van der Waals surface area contributed by atoms with E-state index in [9.17, 15) is 22.8 Å². The van der Waals surface area contributed by atoms with E-state index in [0.717, 1.165) is 70.2 Å². The Morgan fingerprint density at radius 2 is 1.51 bits per heavy atom. The lowest BCUT2D eigenvalue weighted by atomic mass is 9.86.